The summed E-state index contributed by atoms with van der Waals surface area (Å²) in [6.07, 6.45) is 3.70. The molecule has 0 radical (unpaired) electrons. The van der Waals surface area contributed by atoms with Gasteiger partial charge in [-0.3, -0.25) is 4.79 Å². The van der Waals surface area contributed by atoms with Gasteiger partial charge in [-0.25, -0.2) is 16.8 Å². The topological polar surface area (TPSA) is 113 Å². The molecule has 0 unspecified atom stereocenters. The molecule has 2 fully saturated rings. The Morgan fingerprint density at radius 1 is 0.868 bits per heavy atom. The summed E-state index contributed by atoms with van der Waals surface area (Å²) in [5.74, 6) is 0.270. The highest BCUT2D eigenvalue weighted by molar-refractivity contribution is 7.89. The van der Waals surface area contributed by atoms with Gasteiger partial charge in [0.25, 0.3) is 0 Å². The Hall–Kier alpha value is -2.47. The van der Waals surface area contributed by atoms with Crippen LogP contribution in [0, 0.1) is 12.8 Å². The molecule has 2 aliphatic heterocycles. The number of aryl methyl sites for hydroxylation is 1. The molecule has 4 rings (SSSR count). The van der Waals surface area contributed by atoms with Crippen LogP contribution in [0.3, 0.4) is 0 Å². The molecule has 2 aromatic rings. The fourth-order valence-corrected chi connectivity index (χ4v) is 8.05. The molecular weight excluding hydrogens is 526 g/mol. The van der Waals surface area contributed by atoms with Gasteiger partial charge >= 0.3 is 0 Å². The van der Waals surface area contributed by atoms with Gasteiger partial charge in [-0.05, 0) is 81.0 Å². The SMILES string of the molecule is CCOc1ccc(S(=O)(=O)N2CCC(C(=O)NCc3ccc(S(=O)(=O)N4CCCCC4)cc3)CC2)cc1C. The maximum atomic E-state index is 13.1. The predicted molar refractivity (Wildman–Crippen MR) is 145 cm³/mol. The van der Waals surface area contributed by atoms with E-state index in [0.29, 0.717) is 38.3 Å². The quantitative estimate of drug-likeness (QED) is 0.501. The van der Waals surface area contributed by atoms with Gasteiger partial charge in [0.2, 0.25) is 26.0 Å². The average Bonchev–Trinajstić information content (AvgIpc) is 2.93. The number of hydrogen-bond donors (Lipinski definition) is 1. The highest BCUT2D eigenvalue weighted by Crippen LogP contribution is 2.28. The largest absolute Gasteiger partial charge is 0.494 e. The Bertz CT molecular complexity index is 1330. The zero-order chi connectivity index (χ0) is 27.3. The summed E-state index contributed by atoms with van der Waals surface area (Å²) in [5.41, 5.74) is 1.57. The van der Waals surface area contributed by atoms with Crippen LogP contribution in [-0.2, 0) is 31.4 Å². The van der Waals surface area contributed by atoms with Crippen molar-refractivity contribution in [1.29, 1.82) is 0 Å². The molecule has 2 aromatic carbocycles. The van der Waals surface area contributed by atoms with Crippen LogP contribution < -0.4 is 10.1 Å². The van der Waals surface area contributed by atoms with Crippen molar-refractivity contribution in [3.63, 3.8) is 0 Å². The Morgan fingerprint density at radius 2 is 1.45 bits per heavy atom. The van der Waals surface area contributed by atoms with E-state index in [0.717, 1.165) is 30.4 Å². The summed E-state index contributed by atoms with van der Waals surface area (Å²) in [4.78, 5) is 13.3. The molecule has 208 valence electrons. The summed E-state index contributed by atoms with van der Waals surface area (Å²) in [7, 11) is -7.14. The molecule has 2 aliphatic rings. The molecule has 0 aromatic heterocycles. The normalized spacial score (nSPS) is 18.3. The van der Waals surface area contributed by atoms with E-state index in [-0.39, 0.29) is 41.3 Å². The molecule has 0 spiro atoms. The number of sulfonamides is 2. The van der Waals surface area contributed by atoms with Crippen LogP contribution in [0.5, 0.6) is 5.75 Å². The number of hydrogen-bond acceptors (Lipinski definition) is 6. The zero-order valence-corrected chi connectivity index (χ0v) is 23.7. The van der Waals surface area contributed by atoms with Crippen LogP contribution in [0.1, 0.15) is 50.2 Å². The van der Waals surface area contributed by atoms with Gasteiger partial charge in [0.15, 0.2) is 0 Å². The molecule has 2 saturated heterocycles. The second-order valence-electron chi connectivity index (χ2n) is 9.87. The summed E-state index contributed by atoms with van der Waals surface area (Å²) in [6.45, 7) is 6.15. The number of ether oxygens (including phenoxy) is 1. The van der Waals surface area contributed by atoms with Gasteiger partial charge in [-0.2, -0.15) is 8.61 Å². The lowest BCUT2D eigenvalue weighted by Gasteiger charge is -2.30. The van der Waals surface area contributed by atoms with E-state index in [1.54, 1.807) is 42.5 Å². The fourth-order valence-electron chi connectivity index (χ4n) is 4.97. The van der Waals surface area contributed by atoms with Crippen molar-refractivity contribution in [3.05, 3.63) is 53.6 Å². The maximum absolute atomic E-state index is 13.1. The third-order valence-corrected chi connectivity index (χ3v) is 11.1. The third kappa shape index (κ3) is 6.39. The minimum atomic E-state index is -3.65. The molecule has 2 heterocycles. The van der Waals surface area contributed by atoms with E-state index in [1.807, 2.05) is 13.8 Å². The van der Waals surface area contributed by atoms with Gasteiger partial charge < -0.3 is 10.1 Å². The molecule has 9 nitrogen and oxygen atoms in total. The summed E-state index contributed by atoms with van der Waals surface area (Å²) >= 11 is 0. The van der Waals surface area contributed by atoms with Gasteiger partial charge in [-0.15, -0.1) is 0 Å². The smallest absolute Gasteiger partial charge is 0.243 e. The number of nitrogens with one attached hydrogen (secondary N) is 1. The van der Waals surface area contributed by atoms with Crippen LogP contribution in [0.25, 0.3) is 0 Å². The van der Waals surface area contributed by atoms with Crippen molar-refractivity contribution in [2.75, 3.05) is 32.8 Å². The molecule has 1 N–H and O–H groups in total. The van der Waals surface area contributed by atoms with Crippen LogP contribution in [-0.4, -0.2) is 64.1 Å². The number of rotatable bonds is 9. The van der Waals surface area contributed by atoms with Crippen molar-refractivity contribution in [2.24, 2.45) is 5.92 Å². The molecule has 0 atom stereocenters. The van der Waals surface area contributed by atoms with E-state index in [4.69, 9.17) is 4.74 Å². The number of piperidine rings is 2. The van der Waals surface area contributed by atoms with Crippen molar-refractivity contribution in [3.8, 4) is 5.75 Å². The minimum absolute atomic E-state index is 0.121. The maximum Gasteiger partial charge on any atom is 0.243 e. The monoisotopic (exact) mass is 563 g/mol. The lowest BCUT2D eigenvalue weighted by Crippen LogP contribution is -2.42. The van der Waals surface area contributed by atoms with Gasteiger partial charge in [0, 0.05) is 38.6 Å². The van der Waals surface area contributed by atoms with Crippen molar-refractivity contribution >= 4 is 26.0 Å². The highest BCUT2D eigenvalue weighted by atomic mass is 32.2. The fraction of sp³-hybridized carbons (Fsp3) is 0.519. The number of amides is 1. The Kier molecular flexibility index (Phi) is 9.12. The molecule has 38 heavy (non-hydrogen) atoms. The molecule has 0 bridgehead atoms. The first-order valence-corrected chi connectivity index (χ1v) is 16.1. The highest BCUT2D eigenvalue weighted by Gasteiger charge is 2.32. The van der Waals surface area contributed by atoms with E-state index in [1.165, 1.54) is 8.61 Å². The predicted octanol–water partition coefficient (Wildman–Crippen LogP) is 3.29. The summed E-state index contributed by atoms with van der Waals surface area (Å²) in [6, 6.07) is 11.5. The lowest BCUT2D eigenvalue weighted by atomic mass is 9.97. The standard InChI is InChI=1S/C27H37N3O6S2/c1-3-36-26-12-11-25(19-21(26)2)38(34,35)30-17-13-23(14-18-30)27(31)28-20-22-7-9-24(10-8-22)37(32,33)29-15-5-4-6-16-29/h7-12,19,23H,3-6,13-18,20H2,1-2H3,(H,28,31). The Balaban J connectivity index is 1.29. The first-order valence-electron chi connectivity index (χ1n) is 13.2. The van der Waals surface area contributed by atoms with Crippen molar-refractivity contribution < 1.29 is 26.4 Å². The second-order valence-corrected chi connectivity index (χ2v) is 13.7. The zero-order valence-electron chi connectivity index (χ0n) is 22.1. The Labute approximate surface area is 226 Å². The number of nitrogens with zero attached hydrogens (tertiary/aromatic N) is 2. The van der Waals surface area contributed by atoms with Crippen molar-refractivity contribution in [2.45, 2.75) is 62.3 Å². The number of carbonyl (C=O) groups excluding carboxylic acids is 1. The minimum Gasteiger partial charge on any atom is -0.494 e. The second kappa shape index (κ2) is 12.1. The van der Waals surface area contributed by atoms with Gasteiger partial charge in [-0.1, -0.05) is 18.6 Å². The van der Waals surface area contributed by atoms with Gasteiger partial charge in [0.1, 0.15) is 5.75 Å². The van der Waals surface area contributed by atoms with E-state index >= 15 is 0 Å². The molecule has 0 aliphatic carbocycles. The summed E-state index contributed by atoms with van der Waals surface area (Å²) in [5, 5.41) is 2.92. The molecule has 1 amide bonds. The van der Waals surface area contributed by atoms with Crippen LogP contribution in [0.4, 0.5) is 0 Å². The van der Waals surface area contributed by atoms with E-state index < -0.39 is 20.0 Å². The van der Waals surface area contributed by atoms with Crippen molar-refractivity contribution in [1.82, 2.24) is 13.9 Å². The van der Waals surface area contributed by atoms with Crippen LogP contribution >= 0.6 is 0 Å². The van der Waals surface area contributed by atoms with E-state index in [9.17, 15) is 21.6 Å². The van der Waals surface area contributed by atoms with E-state index in [2.05, 4.69) is 5.32 Å². The average molecular weight is 564 g/mol. The van der Waals surface area contributed by atoms with Crippen LogP contribution in [0.15, 0.2) is 52.3 Å². The first kappa shape index (κ1) is 28.5. The molecule has 0 saturated carbocycles. The van der Waals surface area contributed by atoms with Crippen LogP contribution in [0.2, 0.25) is 0 Å². The lowest BCUT2D eigenvalue weighted by molar-refractivity contribution is -0.126. The summed E-state index contributed by atoms with van der Waals surface area (Å²) < 4.78 is 60.4. The molecular formula is C27H37N3O6S2. The Morgan fingerprint density at radius 3 is 2.05 bits per heavy atom. The molecule has 11 heteroatoms. The first-order chi connectivity index (χ1) is 18.1. The number of carbonyl (C=O) groups is 1. The number of benzene rings is 2. The van der Waals surface area contributed by atoms with Gasteiger partial charge in [0.05, 0.1) is 16.4 Å². The third-order valence-electron chi connectivity index (χ3n) is 7.25.